The van der Waals surface area contributed by atoms with Crippen molar-refractivity contribution >= 4 is 28.8 Å². The van der Waals surface area contributed by atoms with Crippen molar-refractivity contribution in [3.05, 3.63) is 83.1 Å². The molecule has 1 aliphatic rings. The van der Waals surface area contributed by atoms with Gasteiger partial charge in [-0.1, -0.05) is 26.0 Å². The monoisotopic (exact) mass is 505 g/mol. The highest BCUT2D eigenvalue weighted by Crippen LogP contribution is 2.45. The summed E-state index contributed by atoms with van der Waals surface area (Å²) in [6.07, 6.45) is 2.41. The van der Waals surface area contributed by atoms with Gasteiger partial charge in [0.05, 0.1) is 16.8 Å². The van der Waals surface area contributed by atoms with Gasteiger partial charge in [-0.05, 0) is 60.9 Å². The lowest BCUT2D eigenvalue weighted by Gasteiger charge is -2.26. The Kier molecular flexibility index (Phi) is 7.69. The second-order valence-corrected chi connectivity index (χ2v) is 8.57. The molecule has 0 unspecified atom stereocenters. The lowest BCUT2D eigenvalue weighted by atomic mass is 9.89. The Bertz CT molecular complexity index is 1440. The Morgan fingerprint density at radius 1 is 1.08 bits per heavy atom. The third kappa shape index (κ3) is 4.72. The van der Waals surface area contributed by atoms with Crippen molar-refractivity contribution < 1.29 is 23.4 Å². The number of fused-ring (bicyclic) bond motifs is 1. The van der Waals surface area contributed by atoms with Crippen LogP contribution in [0.2, 0.25) is 0 Å². The quantitative estimate of drug-likeness (QED) is 0.206. The zero-order chi connectivity index (χ0) is 26.7. The molecule has 6 nitrogen and oxygen atoms in total. The van der Waals surface area contributed by atoms with Crippen molar-refractivity contribution in [1.29, 1.82) is 5.41 Å². The van der Waals surface area contributed by atoms with Crippen molar-refractivity contribution in [2.45, 2.75) is 32.6 Å². The minimum absolute atomic E-state index is 0.000547. The number of aromatic carboxylic acids is 1. The van der Waals surface area contributed by atoms with E-state index >= 15 is 4.39 Å². The van der Waals surface area contributed by atoms with E-state index in [-0.39, 0.29) is 28.1 Å². The number of anilines is 1. The predicted octanol–water partition coefficient (Wildman–Crippen LogP) is 6.77. The molecule has 8 heteroatoms. The summed E-state index contributed by atoms with van der Waals surface area (Å²) < 4.78 is 37.2. The van der Waals surface area contributed by atoms with Gasteiger partial charge in [-0.3, -0.25) is 0 Å². The van der Waals surface area contributed by atoms with Crippen molar-refractivity contribution in [3.8, 4) is 16.8 Å². The molecule has 0 spiro atoms. The lowest BCUT2D eigenvalue weighted by molar-refractivity contribution is 0.0697. The van der Waals surface area contributed by atoms with Crippen LogP contribution < -0.4 is 5.73 Å². The number of benzene rings is 3. The second-order valence-electron chi connectivity index (χ2n) is 8.57. The van der Waals surface area contributed by atoms with Gasteiger partial charge < -0.3 is 25.6 Å². The third-order valence-corrected chi connectivity index (χ3v) is 6.57. The first-order chi connectivity index (χ1) is 17.9. The summed E-state index contributed by atoms with van der Waals surface area (Å²) in [5.41, 5.74) is 9.52. The smallest absolute Gasteiger partial charge is 0.335 e. The molecule has 0 bridgehead atoms. The highest BCUT2D eigenvalue weighted by atomic mass is 19.1. The summed E-state index contributed by atoms with van der Waals surface area (Å²) in [6, 6.07) is 13.9. The number of carboxylic acids is 1. The van der Waals surface area contributed by atoms with Gasteiger partial charge >= 0.3 is 5.97 Å². The molecule has 5 rings (SSSR count). The molecule has 1 aliphatic heterocycles. The van der Waals surface area contributed by atoms with Crippen LogP contribution in [0, 0.1) is 17.0 Å². The van der Waals surface area contributed by atoms with Crippen LogP contribution in [-0.2, 0) is 4.74 Å². The lowest BCUT2D eigenvalue weighted by Crippen LogP contribution is -2.17. The average molecular weight is 506 g/mol. The number of halogens is 2. The highest BCUT2D eigenvalue weighted by Gasteiger charge is 2.30. The van der Waals surface area contributed by atoms with Gasteiger partial charge in [0.1, 0.15) is 5.82 Å². The maximum atomic E-state index is 15.9. The molecule has 3 aromatic carbocycles. The molecular weight excluding hydrogens is 476 g/mol. The van der Waals surface area contributed by atoms with Gasteiger partial charge in [-0.25, -0.2) is 13.6 Å². The molecule has 0 saturated carbocycles. The summed E-state index contributed by atoms with van der Waals surface area (Å²) in [5.74, 6) is -2.09. The van der Waals surface area contributed by atoms with Crippen molar-refractivity contribution in [3.63, 3.8) is 0 Å². The van der Waals surface area contributed by atoms with Gasteiger partial charge in [0.2, 0.25) is 0 Å². The van der Waals surface area contributed by atoms with Gasteiger partial charge in [0.15, 0.2) is 5.82 Å². The number of rotatable bonds is 5. The van der Waals surface area contributed by atoms with Crippen LogP contribution in [0.3, 0.4) is 0 Å². The second kappa shape index (κ2) is 10.9. The third-order valence-electron chi connectivity index (χ3n) is 6.57. The Morgan fingerprint density at radius 2 is 1.70 bits per heavy atom. The van der Waals surface area contributed by atoms with E-state index in [1.54, 1.807) is 30.3 Å². The molecule has 0 atom stereocenters. The largest absolute Gasteiger partial charge is 0.478 e. The van der Waals surface area contributed by atoms with E-state index in [4.69, 9.17) is 15.9 Å². The topological polar surface area (TPSA) is 101 Å². The van der Waals surface area contributed by atoms with Crippen molar-refractivity contribution in [1.82, 2.24) is 4.57 Å². The number of aromatic nitrogens is 1. The first-order valence-electron chi connectivity index (χ1n) is 12.2. The first kappa shape index (κ1) is 26.0. The molecule has 0 aliphatic carbocycles. The zero-order valence-corrected chi connectivity index (χ0v) is 20.7. The number of ether oxygens (including phenoxy) is 1. The van der Waals surface area contributed by atoms with Gasteiger partial charge in [-0.15, -0.1) is 0 Å². The average Bonchev–Trinajstić information content (AvgIpc) is 3.28. The van der Waals surface area contributed by atoms with E-state index in [1.807, 2.05) is 18.4 Å². The summed E-state index contributed by atoms with van der Waals surface area (Å²) in [7, 11) is 0. The Balaban J connectivity index is 0.00000156. The number of hydrogen-bond donors (Lipinski definition) is 3. The first-order valence-corrected chi connectivity index (χ1v) is 12.2. The number of hydrogen-bond acceptors (Lipinski definition) is 4. The van der Waals surface area contributed by atoms with E-state index in [1.165, 1.54) is 24.3 Å². The van der Waals surface area contributed by atoms with Crippen LogP contribution >= 0.6 is 0 Å². The van der Waals surface area contributed by atoms with E-state index in [0.29, 0.717) is 48.4 Å². The van der Waals surface area contributed by atoms with Crippen LogP contribution in [0.1, 0.15) is 54.2 Å². The normalized spacial score (nSPS) is 13.7. The minimum Gasteiger partial charge on any atom is -0.478 e. The van der Waals surface area contributed by atoms with Crippen LogP contribution in [0.15, 0.2) is 54.6 Å². The fourth-order valence-corrected chi connectivity index (χ4v) is 4.87. The SMILES string of the molecule is CC.N=Cc1cc2c(c(F)c1N)c(-c1ccc(C(=O)O)cc1)c(C1CCOCC1)n2-c1ccc(F)cc1. The summed E-state index contributed by atoms with van der Waals surface area (Å²) in [4.78, 5) is 11.4. The van der Waals surface area contributed by atoms with Crippen molar-refractivity contribution in [2.75, 3.05) is 18.9 Å². The predicted molar refractivity (Wildman–Crippen MR) is 142 cm³/mol. The zero-order valence-electron chi connectivity index (χ0n) is 20.7. The number of nitrogen functional groups attached to an aromatic ring is 1. The molecular formula is C29H29F2N3O3. The van der Waals surface area contributed by atoms with E-state index in [9.17, 15) is 14.3 Å². The van der Waals surface area contributed by atoms with Crippen LogP contribution in [0.25, 0.3) is 27.7 Å². The highest BCUT2D eigenvalue weighted by molar-refractivity contribution is 6.05. The van der Waals surface area contributed by atoms with E-state index < -0.39 is 17.6 Å². The molecule has 37 heavy (non-hydrogen) atoms. The van der Waals surface area contributed by atoms with Crippen molar-refractivity contribution in [2.24, 2.45) is 0 Å². The van der Waals surface area contributed by atoms with Gasteiger partial charge in [0.25, 0.3) is 0 Å². The Labute approximate surface area is 213 Å². The fourth-order valence-electron chi connectivity index (χ4n) is 4.87. The fraction of sp³-hybridized carbons (Fsp3) is 0.241. The molecule has 0 amide bonds. The molecule has 0 radical (unpaired) electrons. The van der Waals surface area contributed by atoms with Crippen LogP contribution in [0.4, 0.5) is 14.5 Å². The van der Waals surface area contributed by atoms with Gasteiger partial charge in [-0.2, -0.15) is 0 Å². The van der Waals surface area contributed by atoms with Crippen LogP contribution in [0.5, 0.6) is 0 Å². The number of nitrogens with one attached hydrogen (secondary N) is 1. The number of nitrogens with two attached hydrogens (primary N) is 1. The molecule has 4 aromatic rings. The molecule has 192 valence electrons. The molecule has 1 aromatic heterocycles. The Hall–Kier alpha value is -4.04. The maximum Gasteiger partial charge on any atom is 0.335 e. The van der Waals surface area contributed by atoms with Crippen LogP contribution in [-0.4, -0.2) is 35.1 Å². The molecule has 4 N–H and O–H groups in total. The van der Waals surface area contributed by atoms with E-state index in [2.05, 4.69) is 0 Å². The molecule has 1 saturated heterocycles. The minimum atomic E-state index is -1.05. The maximum absolute atomic E-state index is 15.9. The summed E-state index contributed by atoms with van der Waals surface area (Å²) in [6.45, 7) is 5.09. The number of nitrogens with zero attached hydrogens (tertiary/aromatic N) is 1. The number of carbonyl (C=O) groups is 1. The molecule has 1 fully saturated rings. The van der Waals surface area contributed by atoms with Gasteiger partial charge in [0, 0.05) is 53.2 Å². The number of carboxylic acid groups (broad SMARTS) is 1. The molecule has 2 heterocycles. The standard InChI is InChI=1S/C27H23F2N3O3.C2H6/c28-19-5-7-20(8-6-19)32-21-13-18(14-30)25(31)24(29)23(21)22(26(32)16-9-11-35-12-10-16)15-1-3-17(4-2-15)27(33)34;1-2/h1-8,13-14,16,30H,9-12,31H2,(H,33,34);1-2H3. The Morgan fingerprint density at radius 3 is 2.27 bits per heavy atom. The summed E-state index contributed by atoms with van der Waals surface area (Å²) in [5, 5.41) is 17.4. The summed E-state index contributed by atoms with van der Waals surface area (Å²) >= 11 is 0. The van der Waals surface area contributed by atoms with E-state index in [0.717, 1.165) is 11.9 Å².